The summed E-state index contributed by atoms with van der Waals surface area (Å²) in [6, 6.07) is 6.75. The molecule has 3 N–H and O–H groups in total. The van der Waals surface area contributed by atoms with Crippen LogP contribution < -0.4 is 15.5 Å². The van der Waals surface area contributed by atoms with Crippen LogP contribution in [0.15, 0.2) is 24.3 Å². The second-order valence-corrected chi connectivity index (χ2v) is 5.94. The second-order valence-electron chi connectivity index (χ2n) is 5.94. The third-order valence-corrected chi connectivity index (χ3v) is 4.08. The predicted octanol–water partition coefficient (Wildman–Crippen LogP) is 0.155. The standard InChI is InChI=1S/C17H26N4O3/c1-3-18-17(24)13(2)19-16(23)12-20-8-10-21(11-9-20)14-6-4-5-7-15(14)22/h4-7,13,22H,3,8-12H2,1-2H3,(H,18,24)(H,19,23)/t13-/m1/s1. The van der Waals surface area contributed by atoms with Crippen LogP contribution in [0.5, 0.6) is 5.75 Å². The molecule has 0 saturated carbocycles. The van der Waals surface area contributed by atoms with Crippen molar-refractivity contribution >= 4 is 17.5 Å². The zero-order valence-corrected chi connectivity index (χ0v) is 14.3. The predicted molar refractivity (Wildman–Crippen MR) is 93.0 cm³/mol. The number of nitrogens with one attached hydrogen (secondary N) is 2. The molecule has 1 saturated heterocycles. The van der Waals surface area contributed by atoms with Crippen molar-refractivity contribution in [3.8, 4) is 5.75 Å². The van der Waals surface area contributed by atoms with E-state index in [0.717, 1.165) is 31.9 Å². The van der Waals surface area contributed by atoms with Gasteiger partial charge in [-0.05, 0) is 26.0 Å². The maximum absolute atomic E-state index is 12.0. The van der Waals surface area contributed by atoms with Gasteiger partial charge in [-0.2, -0.15) is 0 Å². The average molecular weight is 334 g/mol. The molecule has 7 nitrogen and oxygen atoms in total. The molecule has 2 amide bonds. The monoisotopic (exact) mass is 334 g/mol. The van der Waals surface area contributed by atoms with Crippen LogP contribution in [-0.2, 0) is 9.59 Å². The highest BCUT2D eigenvalue weighted by Crippen LogP contribution is 2.27. The van der Waals surface area contributed by atoms with Crippen LogP contribution in [-0.4, -0.2) is 67.1 Å². The largest absolute Gasteiger partial charge is 0.506 e. The number of anilines is 1. The molecule has 2 rings (SSSR count). The molecule has 0 bridgehead atoms. The number of phenolic OH excluding ortho intramolecular Hbond substituents is 1. The molecular weight excluding hydrogens is 308 g/mol. The molecule has 24 heavy (non-hydrogen) atoms. The van der Waals surface area contributed by atoms with Gasteiger partial charge in [0.1, 0.15) is 11.8 Å². The Kier molecular flexibility index (Phi) is 6.43. The molecular formula is C17H26N4O3. The maximum atomic E-state index is 12.0. The zero-order chi connectivity index (χ0) is 17.5. The van der Waals surface area contributed by atoms with Gasteiger partial charge in [-0.3, -0.25) is 14.5 Å². The van der Waals surface area contributed by atoms with E-state index in [4.69, 9.17) is 0 Å². The molecule has 1 heterocycles. The quantitative estimate of drug-likeness (QED) is 0.690. The van der Waals surface area contributed by atoms with Gasteiger partial charge in [0.25, 0.3) is 0 Å². The topological polar surface area (TPSA) is 84.9 Å². The van der Waals surface area contributed by atoms with Crippen molar-refractivity contribution in [2.45, 2.75) is 19.9 Å². The van der Waals surface area contributed by atoms with Crippen molar-refractivity contribution < 1.29 is 14.7 Å². The third kappa shape index (κ3) is 4.86. The first-order chi connectivity index (χ1) is 11.5. The maximum Gasteiger partial charge on any atom is 0.242 e. The van der Waals surface area contributed by atoms with Crippen molar-refractivity contribution in [2.24, 2.45) is 0 Å². The first kappa shape index (κ1) is 18.1. The lowest BCUT2D eigenvalue weighted by Crippen LogP contribution is -2.52. The fourth-order valence-electron chi connectivity index (χ4n) is 2.76. The number of phenols is 1. The van der Waals surface area contributed by atoms with Gasteiger partial charge in [-0.1, -0.05) is 12.1 Å². The lowest BCUT2D eigenvalue weighted by molar-refractivity contribution is -0.129. The molecule has 0 unspecified atom stereocenters. The minimum absolute atomic E-state index is 0.148. The summed E-state index contributed by atoms with van der Waals surface area (Å²) in [5.74, 6) is -0.0422. The summed E-state index contributed by atoms with van der Waals surface area (Å²) in [6.07, 6.45) is 0. The summed E-state index contributed by atoms with van der Waals surface area (Å²) in [5, 5.41) is 15.3. The summed E-state index contributed by atoms with van der Waals surface area (Å²) < 4.78 is 0. The summed E-state index contributed by atoms with van der Waals surface area (Å²) in [6.45, 7) is 7.31. The summed E-state index contributed by atoms with van der Waals surface area (Å²) in [4.78, 5) is 27.8. The number of aromatic hydroxyl groups is 1. The van der Waals surface area contributed by atoms with Gasteiger partial charge in [0.05, 0.1) is 12.2 Å². The van der Waals surface area contributed by atoms with Gasteiger partial charge in [0, 0.05) is 32.7 Å². The summed E-state index contributed by atoms with van der Waals surface area (Å²) in [5.41, 5.74) is 0.825. The highest BCUT2D eigenvalue weighted by Gasteiger charge is 2.22. The number of rotatable bonds is 6. The third-order valence-electron chi connectivity index (χ3n) is 4.08. The molecule has 7 heteroatoms. The highest BCUT2D eigenvalue weighted by molar-refractivity contribution is 5.87. The normalized spacial score (nSPS) is 16.5. The summed E-state index contributed by atoms with van der Waals surface area (Å²) in [7, 11) is 0. The van der Waals surface area contributed by atoms with Crippen LogP contribution >= 0.6 is 0 Å². The number of piperazine rings is 1. The molecule has 0 spiro atoms. The van der Waals surface area contributed by atoms with E-state index < -0.39 is 6.04 Å². The molecule has 1 atom stereocenters. The minimum Gasteiger partial charge on any atom is -0.506 e. The van der Waals surface area contributed by atoms with Crippen LogP contribution in [0, 0.1) is 0 Å². The number of amides is 2. The van der Waals surface area contributed by atoms with Crippen molar-refractivity contribution in [1.29, 1.82) is 0 Å². The van der Waals surface area contributed by atoms with Crippen LogP contribution in [0.4, 0.5) is 5.69 Å². The van der Waals surface area contributed by atoms with E-state index in [-0.39, 0.29) is 24.1 Å². The Hall–Kier alpha value is -2.28. The SMILES string of the molecule is CCNC(=O)[C@@H](C)NC(=O)CN1CCN(c2ccccc2O)CC1. The Labute approximate surface area is 142 Å². The van der Waals surface area contributed by atoms with E-state index in [1.165, 1.54) is 0 Å². The number of benzene rings is 1. The van der Waals surface area contributed by atoms with E-state index >= 15 is 0 Å². The summed E-state index contributed by atoms with van der Waals surface area (Å²) >= 11 is 0. The first-order valence-corrected chi connectivity index (χ1v) is 8.33. The fourth-order valence-corrected chi connectivity index (χ4v) is 2.76. The van der Waals surface area contributed by atoms with Gasteiger partial charge in [-0.25, -0.2) is 0 Å². The fraction of sp³-hybridized carbons (Fsp3) is 0.529. The number of carbonyl (C=O) groups is 2. The first-order valence-electron chi connectivity index (χ1n) is 8.33. The van der Waals surface area contributed by atoms with Crippen molar-refractivity contribution in [3.05, 3.63) is 24.3 Å². The molecule has 0 aromatic heterocycles. The lowest BCUT2D eigenvalue weighted by atomic mass is 10.2. The highest BCUT2D eigenvalue weighted by atomic mass is 16.3. The van der Waals surface area contributed by atoms with Crippen LogP contribution in [0.2, 0.25) is 0 Å². The molecule has 0 aliphatic carbocycles. The molecule has 1 fully saturated rings. The average Bonchev–Trinajstić information content (AvgIpc) is 2.56. The Bertz CT molecular complexity index is 571. The minimum atomic E-state index is -0.528. The number of likely N-dealkylation sites (N-methyl/N-ethyl adjacent to an activating group) is 1. The van der Waals surface area contributed by atoms with E-state index in [1.807, 2.05) is 19.1 Å². The van der Waals surface area contributed by atoms with E-state index in [1.54, 1.807) is 19.1 Å². The number of hydrogen-bond donors (Lipinski definition) is 3. The van der Waals surface area contributed by atoms with Gasteiger partial charge < -0.3 is 20.6 Å². The van der Waals surface area contributed by atoms with E-state index in [0.29, 0.717) is 6.54 Å². The van der Waals surface area contributed by atoms with Gasteiger partial charge in [0.2, 0.25) is 11.8 Å². The van der Waals surface area contributed by atoms with Gasteiger partial charge in [0.15, 0.2) is 0 Å². The van der Waals surface area contributed by atoms with Gasteiger partial charge >= 0.3 is 0 Å². The lowest BCUT2D eigenvalue weighted by Gasteiger charge is -2.36. The van der Waals surface area contributed by atoms with Crippen LogP contribution in [0.1, 0.15) is 13.8 Å². The van der Waals surface area contributed by atoms with Crippen LogP contribution in [0.3, 0.4) is 0 Å². The zero-order valence-electron chi connectivity index (χ0n) is 14.3. The molecule has 132 valence electrons. The van der Waals surface area contributed by atoms with E-state index in [2.05, 4.69) is 20.4 Å². The smallest absolute Gasteiger partial charge is 0.242 e. The Morgan fingerprint density at radius 3 is 2.50 bits per heavy atom. The Morgan fingerprint density at radius 2 is 1.88 bits per heavy atom. The van der Waals surface area contributed by atoms with Crippen molar-refractivity contribution in [1.82, 2.24) is 15.5 Å². The number of hydrogen-bond acceptors (Lipinski definition) is 5. The Balaban J connectivity index is 1.77. The molecule has 1 aromatic carbocycles. The van der Waals surface area contributed by atoms with Gasteiger partial charge in [-0.15, -0.1) is 0 Å². The molecule has 1 aromatic rings. The molecule has 0 radical (unpaired) electrons. The number of nitrogens with zero attached hydrogens (tertiary/aromatic N) is 2. The molecule has 1 aliphatic rings. The van der Waals surface area contributed by atoms with Crippen molar-refractivity contribution in [3.63, 3.8) is 0 Å². The van der Waals surface area contributed by atoms with Crippen molar-refractivity contribution in [2.75, 3.05) is 44.2 Å². The van der Waals surface area contributed by atoms with Crippen LogP contribution in [0.25, 0.3) is 0 Å². The van der Waals surface area contributed by atoms with E-state index in [9.17, 15) is 14.7 Å². The second kappa shape index (κ2) is 8.54. The Morgan fingerprint density at radius 1 is 1.21 bits per heavy atom. The number of para-hydroxylation sites is 2. The number of carbonyl (C=O) groups excluding carboxylic acids is 2. The molecule has 1 aliphatic heterocycles.